The number of carbonyl (C=O) groups is 3. The average molecular weight is 401 g/mol. The number of benzene rings is 2. The van der Waals surface area contributed by atoms with Gasteiger partial charge in [0.25, 0.3) is 17.7 Å². The van der Waals surface area contributed by atoms with E-state index in [1.54, 1.807) is 36.0 Å². The van der Waals surface area contributed by atoms with Gasteiger partial charge in [-0.3, -0.25) is 19.6 Å². The molecule has 3 amide bonds. The summed E-state index contributed by atoms with van der Waals surface area (Å²) in [7, 11) is 2.68. The summed E-state index contributed by atoms with van der Waals surface area (Å²) in [6.45, 7) is 1.26. The van der Waals surface area contributed by atoms with Crippen molar-refractivity contribution in [3.63, 3.8) is 0 Å². The lowest BCUT2D eigenvalue weighted by Crippen LogP contribution is -2.64. The summed E-state index contributed by atoms with van der Waals surface area (Å²) >= 11 is 1.66. The van der Waals surface area contributed by atoms with E-state index in [1.807, 2.05) is 30.5 Å². The molecule has 0 aromatic heterocycles. The van der Waals surface area contributed by atoms with Crippen LogP contribution in [0.3, 0.4) is 0 Å². The minimum absolute atomic E-state index is 0.313. The fraction of sp³-hybridized carbons (Fsp3) is 0.250. The smallest absolute Gasteiger partial charge is 0.278 e. The highest BCUT2D eigenvalue weighted by atomic mass is 32.2. The molecule has 0 radical (unpaired) electrons. The molecule has 148 valence electrons. The van der Waals surface area contributed by atoms with Gasteiger partial charge in [0.1, 0.15) is 0 Å². The van der Waals surface area contributed by atoms with E-state index in [9.17, 15) is 14.4 Å². The van der Waals surface area contributed by atoms with E-state index in [2.05, 4.69) is 5.32 Å². The Morgan fingerprint density at radius 1 is 0.964 bits per heavy atom. The Kier molecular flexibility index (Phi) is 6.82. The van der Waals surface area contributed by atoms with Gasteiger partial charge in [-0.2, -0.15) is 0 Å². The summed E-state index contributed by atoms with van der Waals surface area (Å²) in [6.07, 6.45) is 2.01. The summed E-state index contributed by atoms with van der Waals surface area (Å²) in [5.74, 6) is -2.26. The van der Waals surface area contributed by atoms with Gasteiger partial charge in [-0.25, -0.2) is 5.48 Å². The number of hydrogen-bond acceptors (Lipinski definition) is 5. The van der Waals surface area contributed by atoms with Crippen LogP contribution in [-0.2, 0) is 9.59 Å². The first-order chi connectivity index (χ1) is 13.3. The molecule has 0 saturated carbocycles. The van der Waals surface area contributed by atoms with Crippen LogP contribution in [-0.4, -0.2) is 53.7 Å². The van der Waals surface area contributed by atoms with Crippen LogP contribution in [0.4, 0.5) is 0 Å². The Bertz CT molecular complexity index is 850. The Morgan fingerprint density at radius 2 is 1.46 bits per heavy atom. The van der Waals surface area contributed by atoms with Crippen LogP contribution in [0, 0.1) is 0 Å². The molecule has 0 heterocycles. The van der Waals surface area contributed by atoms with E-state index in [0.717, 1.165) is 20.9 Å². The summed E-state index contributed by atoms with van der Waals surface area (Å²) < 4.78 is 0. The zero-order valence-corrected chi connectivity index (χ0v) is 17.0. The number of carbonyl (C=O) groups excluding carboxylic acids is 3. The Morgan fingerprint density at radius 3 is 1.89 bits per heavy atom. The van der Waals surface area contributed by atoms with E-state index in [0.29, 0.717) is 5.56 Å². The molecule has 0 aliphatic rings. The lowest BCUT2D eigenvalue weighted by molar-refractivity contribution is -0.148. The van der Waals surface area contributed by atoms with Crippen LogP contribution in [0.1, 0.15) is 17.3 Å². The molecule has 0 aliphatic heterocycles. The summed E-state index contributed by atoms with van der Waals surface area (Å²) in [5.41, 5.74) is 1.81. The topological polar surface area (TPSA) is 98.7 Å². The minimum Gasteiger partial charge on any atom is -0.357 e. The number of hydrogen-bond donors (Lipinski definition) is 3. The van der Waals surface area contributed by atoms with Gasteiger partial charge in [0, 0.05) is 24.6 Å². The highest BCUT2D eigenvalue weighted by molar-refractivity contribution is 7.98. The lowest BCUT2D eigenvalue weighted by Gasteiger charge is -2.34. The Labute approximate surface area is 168 Å². The third-order valence-electron chi connectivity index (χ3n) is 4.74. The molecule has 0 saturated heterocycles. The van der Waals surface area contributed by atoms with Gasteiger partial charge in [0.15, 0.2) is 5.54 Å². The zero-order chi connectivity index (χ0) is 20.9. The monoisotopic (exact) mass is 401 g/mol. The number of hydroxylamine groups is 1. The van der Waals surface area contributed by atoms with Gasteiger partial charge in [-0.15, -0.1) is 11.8 Å². The second-order valence-electron chi connectivity index (χ2n) is 6.26. The average Bonchev–Trinajstić information content (AvgIpc) is 2.76. The third-order valence-corrected chi connectivity index (χ3v) is 5.49. The molecule has 0 spiro atoms. The summed E-state index contributed by atoms with van der Waals surface area (Å²) in [5, 5.41) is 11.3. The number of nitrogens with one attached hydrogen (secondary N) is 2. The summed E-state index contributed by atoms with van der Waals surface area (Å²) in [6, 6.07) is 14.9. The van der Waals surface area contributed by atoms with E-state index < -0.39 is 23.3 Å². The van der Waals surface area contributed by atoms with Crippen molar-refractivity contribution in [2.45, 2.75) is 17.4 Å². The predicted molar refractivity (Wildman–Crippen MR) is 108 cm³/mol. The quantitative estimate of drug-likeness (QED) is 0.298. The van der Waals surface area contributed by atoms with Crippen molar-refractivity contribution >= 4 is 29.5 Å². The number of nitrogens with zero attached hydrogens (tertiary/aromatic N) is 1. The second-order valence-corrected chi connectivity index (χ2v) is 7.14. The SMILES string of the molecule is CNC(=O)[C@@](C)(C(=O)NO)N(C)C(=O)c1ccc(-c2ccc(SC)cc2)cc1. The molecule has 2 aromatic rings. The van der Waals surface area contributed by atoms with Crippen LogP contribution < -0.4 is 10.8 Å². The molecule has 2 aromatic carbocycles. The van der Waals surface area contributed by atoms with Crippen molar-refractivity contribution < 1.29 is 19.6 Å². The van der Waals surface area contributed by atoms with Gasteiger partial charge in [0.05, 0.1) is 0 Å². The molecular weight excluding hydrogens is 378 g/mol. The van der Waals surface area contributed by atoms with Crippen molar-refractivity contribution in [2.75, 3.05) is 20.4 Å². The van der Waals surface area contributed by atoms with E-state index in [-0.39, 0.29) is 0 Å². The highest BCUT2D eigenvalue weighted by Gasteiger charge is 2.47. The Hall–Kier alpha value is -2.84. The number of amides is 3. The van der Waals surface area contributed by atoms with Gasteiger partial charge >= 0.3 is 0 Å². The molecule has 0 aliphatic carbocycles. The van der Waals surface area contributed by atoms with Crippen molar-refractivity contribution in [3.05, 3.63) is 54.1 Å². The molecule has 0 bridgehead atoms. The molecule has 1 atom stereocenters. The molecule has 7 nitrogen and oxygen atoms in total. The first kappa shape index (κ1) is 21.5. The minimum atomic E-state index is -1.91. The van der Waals surface area contributed by atoms with E-state index >= 15 is 0 Å². The fourth-order valence-electron chi connectivity index (χ4n) is 2.75. The van der Waals surface area contributed by atoms with Crippen LogP contribution in [0.2, 0.25) is 0 Å². The first-order valence-electron chi connectivity index (χ1n) is 8.49. The highest BCUT2D eigenvalue weighted by Crippen LogP contribution is 2.24. The maximum atomic E-state index is 12.8. The Balaban J connectivity index is 2.29. The predicted octanol–water partition coefficient (Wildman–Crippen LogP) is 2.16. The van der Waals surface area contributed by atoms with Gasteiger partial charge in [-0.1, -0.05) is 24.3 Å². The van der Waals surface area contributed by atoms with Crippen LogP contribution >= 0.6 is 11.8 Å². The van der Waals surface area contributed by atoms with Crippen molar-refractivity contribution in [3.8, 4) is 11.1 Å². The lowest BCUT2D eigenvalue weighted by atomic mass is 9.96. The number of likely N-dealkylation sites (N-methyl/N-ethyl adjacent to an activating group) is 2. The van der Waals surface area contributed by atoms with Gasteiger partial charge in [-0.05, 0) is 48.6 Å². The maximum absolute atomic E-state index is 12.8. The number of thioether (sulfide) groups is 1. The van der Waals surface area contributed by atoms with Crippen LogP contribution in [0.5, 0.6) is 0 Å². The van der Waals surface area contributed by atoms with E-state index in [1.165, 1.54) is 26.5 Å². The zero-order valence-electron chi connectivity index (χ0n) is 16.1. The fourth-order valence-corrected chi connectivity index (χ4v) is 3.15. The normalized spacial score (nSPS) is 12.6. The van der Waals surface area contributed by atoms with Crippen LogP contribution in [0.25, 0.3) is 11.1 Å². The molecule has 28 heavy (non-hydrogen) atoms. The molecular formula is C20H23N3O4S. The van der Waals surface area contributed by atoms with Gasteiger partial charge in [0.2, 0.25) is 0 Å². The third kappa shape index (κ3) is 4.02. The van der Waals surface area contributed by atoms with E-state index in [4.69, 9.17) is 5.21 Å². The number of rotatable bonds is 6. The molecule has 0 unspecified atom stereocenters. The largest absolute Gasteiger partial charge is 0.357 e. The summed E-state index contributed by atoms with van der Waals surface area (Å²) in [4.78, 5) is 39.3. The van der Waals surface area contributed by atoms with Crippen molar-refractivity contribution in [2.24, 2.45) is 0 Å². The molecule has 3 N–H and O–H groups in total. The first-order valence-corrected chi connectivity index (χ1v) is 9.71. The van der Waals surface area contributed by atoms with Crippen molar-refractivity contribution in [1.82, 2.24) is 15.7 Å². The molecule has 2 rings (SSSR count). The van der Waals surface area contributed by atoms with Gasteiger partial charge < -0.3 is 10.2 Å². The molecule has 0 fully saturated rings. The van der Waals surface area contributed by atoms with Crippen LogP contribution in [0.15, 0.2) is 53.4 Å². The van der Waals surface area contributed by atoms with Crippen molar-refractivity contribution in [1.29, 1.82) is 0 Å². The maximum Gasteiger partial charge on any atom is 0.278 e. The second kappa shape index (κ2) is 8.90. The standard InChI is InChI=1S/C20H23N3O4S/c1-20(18(25)21-2,19(26)22-27)23(3)17(24)15-7-5-13(6-8-15)14-9-11-16(28-4)12-10-14/h5-12,27H,1-4H3,(H,21,25)(H,22,26)/t20-/m0/s1. The molecule has 8 heteroatoms.